The zero-order valence-corrected chi connectivity index (χ0v) is 15.2. The van der Waals surface area contributed by atoms with E-state index in [1.165, 1.54) is 24.7 Å². The number of methoxy groups -OCH3 is 1. The maximum absolute atomic E-state index is 11.9. The molecule has 0 bridgehead atoms. The van der Waals surface area contributed by atoms with Crippen LogP contribution in [0.1, 0.15) is 11.1 Å². The summed E-state index contributed by atoms with van der Waals surface area (Å²) in [6.07, 6.45) is 0.743. The van der Waals surface area contributed by atoms with Gasteiger partial charge in [-0.3, -0.25) is 10.1 Å². The van der Waals surface area contributed by atoms with E-state index in [0.29, 0.717) is 18.8 Å². The van der Waals surface area contributed by atoms with Gasteiger partial charge in [-0.1, -0.05) is 6.07 Å². The Balaban J connectivity index is 2.00. The molecule has 0 radical (unpaired) electrons. The van der Waals surface area contributed by atoms with Crippen LogP contribution in [0.25, 0.3) is 0 Å². The molecule has 0 saturated carbocycles. The Kier molecular flexibility index (Phi) is 4.84. The topological polar surface area (TPSA) is 102 Å². The highest BCUT2D eigenvalue weighted by atomic mass is 32.2. The van der Waals surface area contributed by atoms with Gasteiger partial charge >= 0.3 is 0 Å². The van der Waals surface area contributed by atoms with Gasteiger partial charge in [0, 0.05) is 19.2 Å². The Morgan fingerprint density at radius 3 is 2.62 bits per heavy atom. The normalized spacial score (nSPS) is 14.0. The fourth-order valence-electron chi connectivity index (χ4n) is 3.07. The summed E-state index contributed by atoms with van der Waals surface area (Å²) in [7, 11) is -0.890. The fraction of sp³-hybridized carbons (Fsp3) is 0.294. The van der Waals surface area contributed by atoms with Crippen molar-refractivity contribution >= 4 is 21.4 Å². The molecule has 9 heteroatoms. The molecule has 0 fully saturated rings. The lowest BCUT2D eigenvalue weighted by atomic mass is 9.99. The molecule has 0 aliphatic carbocycles. The molecule has 0 atom stereocenters. The lowest BCUT2D eigenvalue weighted by molar-refractivity contribution is -0.384. The van der Waals surface area contributed by atoms with Crippen molar-refractivity contribution in [3.8, 4) is 5.75 Å². The largest absolute Gasteiger partial charge is 0.497 e. The number of ether oxygens (including phenoxy) is 1. The van der Waals surface area contributed by atoms with Crippen LogP contribution in [0.4, 0.5) is 11.4 Å². The predicted molar refractivity (Wildman–Crippen MR) is 97.1 cm³/mol. The zero-order valence-electron chi connectivity index (χ0n) is 14.4. The van der Waals surface area contributed by atoms with Crippen LogP contribution in [0.15, 0.2) is 41.3 Å². The van der Waals surface area contributed by atoms with Gasteiger partial charge in [0.1, 0.15) is 11.4 Å². The van der Waals surface area contributed by atoms with Crippen LogP contribution in [-0.2, 0) is 23.0 Å². The average molecular weight is 377 g/mol. The molecule has 0 unspecified atom stereocenters. The molecule has 0 saturated heterocycles. The number of rotatable bonds is 5. The third-order valence-corrected chi connectivity index (χ3v) is 5.90. The minimum Gasteiger partial charge on any atom is -0.497 e. The van der Waals surface area contributed by atoms with Crippen LogP contribution in [0.3, 0.4) is 0 Å². The van der Waals surface area contributed by atoms with Crippen LogP contribution in [0.2, 0.25) is 0 Å². The van der Waals surface area contributed by atoms with Crippen molar-refractivity contribution in [1.29, 1.82) is 0 Å². The highest BCUT2D eigenvalue weighted by molar-refractivity contribution is 7.89. The highest BCUT2D eigenvalue weighted by Crippen LogP contribution is 2.34. The van der Waals surface area contributed by atoms with Gasteiger partial charge in [-0.25, -0.2) is 13.1 Å². The zero-order chi connectivity index (χ0) is 18.9. The van der Waals surface area contributed by atoms with Crippen molar-refractivity contribution in [2.45, 2.75) is 17.9 Å². The smallest absolute Gasteiger partial charge is 0.293 e. The fourth-order valence-corrected chi connectivity index (χ4v) is 3.82. The molecule has 1 N–H and O–H groups in total. The molecular weight excluding hydrogens is 358 g/mol. The first-order valence-electron chi connectivity index (χ1n) is 7.98. The Morgan fingerprint density at radius 1 is 1.19 bits per heavy atom. The summed E-state index contributed by atoms with van der Waals surface area (Å²) in [6.45, 7) is 1.10. The molecule has 2 aromatic carbocycles. The molecule has 0 amide bonds. The lowest BCUT2D eigenvalue weighted by Crippen LogP contribution is -2.31. The Hall–Kier alpha value is -2.65. The van der Waals surface area contributed by atoms with Crippen LogP contribution in [0.5, 0.6) is 5.75 Å². The SMILES string of the molecule is CNS(=O)(=O)c1ccc(N2CCc3ccc(OC)cc3C2)c([N+](=O)[O-])c1. The van der Waals surface area contributed by atoms with E-state index in [2.05, 4.69) is 4.72 Å². The average Bonchev–Trinajstić information content (AvgIpc) is 2.66. The Morgan fingerprint density at radius 2 is 1.96 bits per heavy atom. The number of sulfonamides is 1. The summed E-state index contributed by atoms with van der Waals surface area (Å²) >= 11 is 0. The number of hydrogen-bond acceptors (Lipinski definition) is 6. The number of benzene rings is 2. The Labute approximate surface area is 151 Å². The second kappa shape index (κ2) is 6.93. The van der Waals surface area contributed by atoms with E-state index in [0.717, 1.165) is 23.8 Å². The van der Waals surface area contributed by atoms with E-state index in [1.54, 1.807) is 7.11 Å². The van der Waals surface area contributed by atoms with Gasteiger partial charge in [-0.15, -0.1) is 0 Å². The number of nitrogens with zero attached hydrogens (tertiary/aromatic N) is 2. The van der Waals surface area contributed by atoms with Gasteiger partial charge in [0.2, 0.25) is 10.0 Å². The van der Waals surface area contributed by atoms with E-state index in [9.17, 15) is 18.5 Å². The second-order valence-corrected chi connectivity index (χ2v) is 7.81. The summed E-state index contributed by atoms with van der Waals surface area (Å²) in [5, 5.41) is 11.5. The summed E-state index contributed by atoms with van der Waals surface area (Å²) in [5.41, 5.74) is 2.39. The van der Waals surface area contributed by atoms with Crippen LogP contribution in [0, 0.1) is 10.1 Å². The first kappa shape index (κ1) is 18.2. The summed E-state index contributed by atoms with van der Waals surface area (Å²) < 4.78 is 31.3. The molecule has 0 aromatic heterocycles. The Bertz CT molecular complexity index is 959. The quantitative estimate of drug-likeness (QED) is 0.632. The third kappa shape index (κ3) is 3.35. The number of fused-ring (bicyclic) bond motifs is 1. The summed E-state index contributed by atoms with van der Waals surface area (Å²) in [4.78, 5) is 12.7. The molecule has 3 rings (SSSR count). The van der Waals surface area contributed by atoms with Crippen molar-refractivity contribution < 1.29 is 18.1 Å². The number of nitrogens with one attached hydrogen (secondary N) is 1. The van der Waals surface area contributed by atoms with Gasteiger partial charge in [0.25, 0.3) is 5.69 Å². The molecule has 2 aromatic rings. The van der Waals surface area contributed by atoms with E-state index in [-0.39, 0.29) is 10.6 Å². The first-order valence-corrected chi connectivity index (χ1v) is 9.47. The van der Waals surface area contributed by atoms with Crippen LogP contribution in [-0.4, -0.2) is 34.0 Å². The third-order valence-electron chi connectivity index (χ3n) is 4.49. The molecule has 1 aliphatic rings. The van der Waals surface area contributed by atoms with Crippen molar-refractivity contribution in [2.24, 2.45) is 0 Å². The number of hydrogen-bond donors (Lipinski definition) is 1. The summed E-state index contributed by atoms with van der Waals surface area (Å²) in [6, 6.07) is 9.80. The van der Waals surface area contributed by atoms with E-state index < -0.39 is 14.9 Å². The van der Waals surface area contributed by atoms with Gasteiger partial charge < -0.3 is 9.64 Å². The monoisotopic (exact) mass is 377 g/mol. The minimum atomic E-state index is -3.75. The number of nitro benzene ring substituents is 1. The molecule has 26 heavy (non-hydrogen) atoms. The summed E-state index contributed by atoms with van der Waals surface area (Å²) in [5.74, 6) is 0.732. The maximum Gasteiger partial charge on any atom is 0.293 e. The highest BCUT2D eigenvalue weighted by Gasteiger charge is 2.26. The standard InChI is InChI=1S/C17H19N3O5S/c1-18-26(23,24)15-5-6-16(17(10-15)20(21)22)19-8-7-12-3-4-14(25-2)9-13(12)11-19/h3-6,9-10,18H,7-8,11H2,1-2H3. The maximum atomic E-state index is 11.9. The minimum absolute atomic E-state index is 0.130. The van der Waals surface area contributed by atoms with Crippen LogP contribution < -0.4 is 14.4 Å². The van der Waals surface area contributed by atoms with Gasteiger partial charge in [0.05, 0.1) is 16.9 Å². The first-order chi connectivity index (χ1) is 12.4. The molecule has 0 spiro atoms. The van der Waals surface area contributed by atoms with E-state index in [1.807, 2.05) is 23.1 Å². The number of anilines is 1. The predicted octanol–water partition coefficient (Wildman–Crippen LogP) is 2.07. The second-order valence-electron chi connectivity index (χ2n) is 5.92. The molecule has 8 nitrogen and oxygen atoms in total. The molecule has 138 valence electrons. The molecule has 1 heterocycles. The van der Waals surface area contributed by atoms with Gasteiger partial charge in [-0.05, 0) is 48.9 Å². The lowest BCUT2D eigenvalue weighted by Gasteiger charge is -2.30. The molecular formula is C17H19N3O5S. The van der Waals surface area contributed by atoms with E-state index in [4.69, 9.17) is 4.74 Å². The van der Waals surface area contributed by atoms with Crippen LogP contribution >= 0.6 is 0 Å². The van der Waals surface area contributed by atoms with Crippen molar-refractivity contribution in [2.75, 3.05) is 25.6 Å². The van der Waals surface area contributed by atoms with Crippen molar-refractivity contribution in [3.63, 3.8) is 0 Å². The van der Waals surface area contributed by atoms with Crippen molar-refractivity contribution in [3.05, 3.63) is 57.6 Å². The number of nitro groups is 1. The van der Waals surface area contributed by atoms with Gasteiger partial charge in [0.15, 0.2) is 0 Å². The molecule has 1 aliphatic heterocycles. The van der Waals surface area contributed by atoms with E-state index >= 15 is 0 Å². The van der Waals surface area contributed by atoms with Crippen molar-refractivity contribution in [1.82, 2.24) is 4.72 Å². The van der Waals surface area contributed by atoms with Gasteiger partial charge in [-0.2, -0.15) is 0 Å².